The average molecular weight is 431 g/mol. The van der Waals surface area contributed by atoms with E-state index in [0.29, 0.717) is 29.6 Å². The molecule has 6 heteroatoms. The molecule has 3 aliphatic rings. The molecular formula is C25H34O6. The summed E-state index contributed by atoms with van der Waals surface area (Å²) < 4.78 is 10.9. The lowest BCUT2D eigenvalue weighted by atomic mass is 9.47. The van der Waals surface area contributed by atoms with E-state index < -0.39 is 18.0 Å². The van der Waals surface area contributed by atoms with Crippen LogP contribution in [0.15, 0.2) is 34.9 Å². The lowest BCUT2D eigenvalue weighted by Gasteiger charge is -2.58. The molecule has 2 aliphatic carbocycles. The molecule has 1 heterocycles. The monoisotopic (exact) mass is 430 g/mol. The van der Waals surface area contributed by atoms with Crippen LogP contribution in [0.5, 0.6) is 0 Å². The third-order valence-electron chi connectivity index (χ3n) is 7.69. The molecule has 0 aromatic carbocycles. The molecule has 0 aromatic heterocycles. The second kappa shape index (κ2) is 8.64. The standard InChI is InChI=1S/C25H34O6/c1-6-15(2)22(28)31-19-14-17(21(26)27)18(9-8-16-10-13-30-23(16)29)25(5)12-7-11-24(3,4)20(19)25/h6,10,14,18-20H,7-9,11-13H2,1-5H3,(H,26,27)/b15-6-/t18-,19+,20-,25+/m0/s1. The molecule has 1 fully saturated rings. The number of carbonyl (C=O) groups excluding carboxylic acids is 2. The number of ether oxygens (including phenoxy) is 2. The summed E-state index contributed by atoms with van der Waals surface area (Å²) in [6, 6.07) is 0. The number of esters is 2. The maximum absolute atomic E-state index is 12.6. The minimum atomic E-state index is -0.986. The van der Waals surface area contributed by atoms with Gasteiger partial charge >= 0.3 is 17.9 Å². The first-order valence-electron chi connectivity index (χ1n) is 11.2. The number of hydrogen-bond donors (Lipinski definition) is 1. The minimum Gasteiger partial charge on any atom is -0.478 e. The van der Waals surface area contributed by atoms with E-state index in [1.807, 2.05) is 0 Å². The molecule has 0 aromatic rings. The number of carboxylic acid groups (broad SMARTS) is 1. The zero-order chi connectivity index (χ0) is 23.0. The van der Waals surface area contributed by atoms with E-state index in [4.69, 9.17) is 9.47 Å². The first kappa shape index (κ1) is 23.3. The number of aliphatic carboxylic acids is 1. The number of carbonyl (C=O) groups is 3. The summed E-state index contributed by atoms with van der Waals surface area (Å²) in [5.41, 5.74) is 0.944. The first-order chi connectivity index (χ1) is 14.5. The molecule has 0 unspecified atom stereocenters. The molecule has 0 radical (unpaired) electrons. The topological polar surface area (TPSA) is 89.9 Å². The van der Waals surface area contributed by atoms with Gasteiger partial charge in [0, 0.05) is 22.6 Å². The Morgan fingerprint density at radius 1 is 1.29 bits per heavy atom. The second-order valence-electron chi connectivity index (χ2n) is 10.0. The van der Waals surface area contributed by atoms with Crippen molar-refractivity contribution in [3.63, 3.8) is 0 Å². The number of fused-ring (bicyclic) bond motifs is 1. The number of hydrogen-bond acceptors (Lipinski definition) is 5. The zero-order valence-electron chi connectivity index (χ0n) is 19.2. The van der Waals surface area contributed by atoms with Crippen LogP contribution in [0.4, 0.5) is 0 Å². The first-order valence-corrected chi connectivity index (χ1v) is 11.2. The summed E-state index contributed by atoms with van der Waals surface area (Å²) in [6.07, 6.45) is 8.42. The zero-order valence-corrected chi connectivity index (χ0v) is 19.2. The van der Waals surface area contributed by atoms with Gasteiger partial charge in [0.05, 0.1) is 0 Å². The Labute approximate surface area is 184 Å². The predicted octanol–water partition coefficient (Wildman–Crippen LogP) is 4.60. The summed E-state index contributed by atoms with van der Waals surface area (Å²) in [7, 11) is 0. The summed E-state index contributed by atoms with van der Waals surface area (Å²) >= 11 is 0. The summed E-state index contributed by atoms with van der Waals surface area (Å²) in [6.45, 7) is 10.3. The smallest absolute Gasteiger partial charge is 0.334 e. The largest absolute Gasteiger partial charge is 0.478 e. The number of cyclic esters (lactones) is 1. The molecule has 1 aliphatic heterocycles. The fraction of sp³-hybridized carbons (Fsp3) is 0.640. The van der Waals surface area contributed by atoms with Crippen molar-refractivity contribution >= 4 is 17.9 Å². The van der Waals surface area contributed by atoms with Crippen LogP contribution in [0, 0.1) is 22.7 Å². The van der Waals surface area contributed by atoms with Crippen molar-refractivity contribution in [2.45, 2.75) is 72.8 Å². The molecule has 1 saturated carbocycles. The summed E-state index contributed by atoms with van der Waals surface area (Å²) in [5, 5.41) is 10.1. The van der Waals surface area contributed by atoms with Gasteiger partial charge in [-0.15, -0.1) is 0 Å². The third kappa shape index (κ3) is 4.35. The highest BCUT2D eigenvalue weighted by Crippen LogP contribution is 2.61. The van der Waals surface area contributed by atoms with Crippen molar-refractivity contribution in [3.05, 3.63) is 34.9 Å². The van der Waals surface area contributed by atoms with Crippen molar-refractivity contribution in [2.24, 2.45) is 22.7 Å². The van der Waals surface area contributed by atoms with Crippen LogP contribution in [-0.2, 0) is 23.9 Å². The van der Waals surface area contributed by atoms with E-state index in [9.17, 15) is 19.5 Å². The van der Waals surface area contributed by atoms with E-state index in [2.05, 4.69) is 20.8 Å². The average Bonchev–Trinajstić information content (AvgIpc) is 3.09. The molecule has 0 spiro atoms. The van der Waals surface area contributed by atoms with Crippen molar-refractivity contribution in [3.8, 4) is 0 Å². The van der Waals surface area contributed by atoms with E-state index >= 15 is 0 Å². The Hall–Kier alpha value is -2.37. The predicted molar refractivity (Wildman–Crippen MR) is 116 cm³/mol. The van der Waals surface area contributed by atoms with Gasteiger partial charge in [-0.1, -0.05) is 33.3 Å². The Bertz CT molecular complexity index is 861. The molecule has 0 saturated heterocycles. The number of allylic oxidation sites excluding steroid dienone is 1. The molecule has 170 valence electrons. The van der Waals surface area contributed by atoms with Gasteiger partial charge in [0.2, 0.25) is 0 Å². The SMILES string of the molecule is C/C=C(/C)C(=O)O[C@@H]1C=C(C(=O)O)[C@H](CCC2=CCOC2=O)[C@@]2(C)CCCC(C)(C)[C@H]12. The van der Waals surface area contributed by atoms with Gasteiger partial charge in [0.1, 0.15) is 12.7 Å². The molecular weight excluding hydrogens is 396 g/mol. The lowest BCUT2D eigenvalue weighted by Crippen LogP contribution is -2.56. The van der Waals surface area contributed by atoms with Gasteiger partial charge in [-0.3, -0.25) is 0 Å². The quantitative estimate of drug-likeness (QED) is 0.489. The van der Waals surface area contributed by atoms with Crippen LogP contribution in [0.3, 0.4) is 0 Å². The van der Waals surface area contributed by atoms with Crippen molar-refractivity contribution in [2.75, 3.05) is 6.61 Å². The molecule has 6 nitrogen and oxygen atoms in total. The van der Waals surface area contributed by atoms with Gasteiger partial charge < -0.3 is 14.6 Å². The van der Waals surface area contributed by atoms with Crippen LogP contribution in [0.2, 0.25) is 0 Å². The van der Waals surface area contributed by atoms with E-state index in [0.717, 1.165) is 19.3 Å². The lowest BCUT2D eigenvalue weighted by molar-refractivity contribution is -0.161. The van der Waals surface area contributed by atoms with Crippen molar-refractivity contribution < 1.29 is 29.0 Å². The van der Waals surface area contributed by atoms with Gasteiger partial charge in [-0.2, -0.15) is 0 Å². The highest BCUT2D eigenvalue weighted by atomic mass is 16.5. The second-order valence-corrected chi connectivity index (χ2v) is 10.0. The number of rotatable bonds is 6. The van der Waals surface area contributed by atoms with Crippen molar-refractivity contribution in [1.29, 1.82) is 0 Å². The number of carboxylic acids is 1. The van der Waals surface area contributed by atoms with Crippen LogP contribution < -0.4 is 0 Å². The maximum Gasteiger partial charge on any atom is 0.334 e. The van der Waals surface area contributed by atoms with Crippen LogP contribution in [0.25, 0.3) is 0 Å². The van der Waals surface area contributed by atoms with Gasteiger partial charge in [0.15, 0.2) is 0 Å². The summed E-state index contributed by atoms with van der Waals surface area (Å²) in [5.74, 6) is -1.95. The molecule has 0 bridgehead atoms. The normalized spacial score (nSPS) is 32.5. The van der Waals surface area contributed by atoms with E-state index in [-0.39, 0.29) is 35.2 Å². The Morgan fingerprint density at radius 3 is 2.58 bits per heavy atom. The van der Waals surface area contributed by atoms with Crippen LogP contribution in [0.1, 0.15) is 66.7 Å². The fourth-order valence-corrected chi connectivity index (χ4v) is 6.12. The Kier molecular flexibility index (Phi) is 6.49. The summed E-state index contributed by atoms with van der Waals surface area (Å²) in [4.78, 5) is 36.8. The van der Waals surface area contributed by atoms with Gasteiger partial charge in [-0.05, 0) is 68.4 Å². The highest BCUT2D eigenvalue weighted by molar-refractivity contribution is 5.91. The Morgan fingerprint density at radius 2 is 2.00 bits per heavy atom. The Balaban J connectivity index is 2.02. The molecule has 0 amide bonds. The third-order valence-corrected chi connectivity index (χ3v) is 7.69. The van der Waals surface area contributed by atoms with E-state index in [1.54, 1.807) is 32.1 Å². The van der Waals surface area contributed by atoms with Crippen molar-refractivity contribution in [1.82, 2.24) is 0 Å². The van der Waals surface area contributed by atoms with Crippen LogP contribution >= 0.6 is 0 Å². The van der Waals surface area contributed by atoms with Crippen LogP contribution in [-0.4, -0.2) is 35.7 Å². The molecule has 4 atom stereocenters. The fourth-order valence-electron chi connectivity index (χ4n) is 6.12. The minimum absolute atomic E-state index is 0.0139. The van der Waals surface area contributed by atoms with Gasteiger partial charge in [-0.25, -0.2) is 14.4 Å². The van der Waals surface area contributed by atoms with E-state index in [1.165, 1.54) is 0 Å². The molecule has 1 N–H and O–H groups in total. The molecule has 31 heavy (non-hydrogen) atoms. The highest BCUT2D eigenvalue weighted by Gasteiger charge is 2.58. The molecule has 3 rings (SSSR count). The van der Waals surface area contributed by atoms with Gasteiger partial charge in [0.25, 0.3) is 0 Å². The maximum atomic E-state index is 12.6.